The molecule has 2 heterocycles. The molecule has 3 aromatic carbocycles. The summed E-state index contributed by atoms with van der Waals surface area (Å²) >= 11 is 4.84. The predicted octanol–water partition coefficient (Wildman–Crippen LogP) is 7.00. The number of aromatic nitrogens is 3. The molecule has 1 aromatic heterocycles. The Morgan fingerprint density at radius 2 is 1.82 bits per heavy atom. The monoisotopic (exact) mass is 464 g/mol. The molecule has 0 bridgehead atoms. The van der Waals surface area contributed by atoms with E-state index in [-0.39, 0.29) is 5.41 Å². The van der Waals surface area contributed by atoms with E-state index < -0.39 is 0 Å². The van der Waals surface area contributed by atoms with Crippen LogP contribution in [-0.2, 0) is 0 Å². The zero-order valence-electron chi connectivity index (χ0n) is 19.4. The van der Waals surface area contributed by atoms with Gasteiger partial charge in [-0.2, -0.15) is 0 Å². The molecule has 0 fully saturated rings. The van der Waals surface area contributed by atoms with Crippen LogP contribution in [0, 0.1) is 5.41 Å². The smallest absolute Gasteiger partial charge is 0.114 e. The fourth-order valence-electron chi connectivity index (χ4n) is 4.52. The molecule has 0 radical (unpaired) electrons. The van der Waals surface area contributed by atoms with E-state index in [1.807, 2.05) is 6.20 Å². The second-order valence-electron chi connectivity index (χ2n) is 8.73. The van der Waals surface area contributed by atoms with Crippen LogP contribution in [0.4, 0.5) is 0 Å². The van der Waals surface area contributed by atoms with Gasteiger partial charge < -0.3 is 5.32 Å². The van der Waals surface area contributed by atoms with Crippen LogP contribution in [-0.4, -0.2) is 21.5 Å². The van der Waals surface area contributed by atoms with Crippen LogP contribution in [0.25, 0.3) is 37.8 Å². The lowest BCUT2D eigenvalue weighted by Crippen LogP contribution is -2.28. The van der Waals surface area contributed by atoms with Gasteiger partial charge in [0.1, 0.15) is 5.69 Å². The molecule has 0 aliphatic carbocycles. The summed E-state index contributed by atoms with van der Waals surface area (Å²) in [5, 5.41) is 18.0. The van der Waals surface area contributed by atoms with E-state index in [0.29, 0.717) is 0 Å². The number of thiol groups is 1. The van der Waals surface area contributed by atoms with Crippen molar-refractivity contribution in [2.45, 2.75) is 20.3 Å². The Labute approximate surface area is 205 Å². The Bertz CT molecular complexity index is 1420. The van der Waals surface area contributed by atoms with Crippen LogP contribution in [0.2, 0.25) is 0 Å². The maximum absolute atomic E-state index is 4.84. The summed E-state index contributed by atoms with van der Waals surface area (Å²) in [4.78, 5) is 0. The third-order valence-corrected chi connectivity index (χ3v) is 6.61. The maximum Gasteiger partial charge on any atom is 0.114 e. The van der Waals surface area contributed by atoms with Crippen molar-refractivity contribution >= 4 is 39.2 Å². The Morgan fingerprint density at radius 3 is 2.47 bits per heavy atom. The summed E-state index contributed by atoms with van der Waals surface area (Å²) in [5.41, 5.74) is 2.72. The Hall–Kier alpha value is -3.57. The van der Waals surface area contributed by atoms with Gasteiger partial charge in [-0.3, -0.25) is 0 Å². The summed E-state index contributed by atoms with van der Waals surface area (Å²) in [5.74, 6) is 0. The topological polar surface area (TPSA) is 42.7 Å². The number of dihydropyridines is 1. The van der Waals surface area contributed by atoms with Gasteiger partial charge in [0, 0.05) is 23.2 Å². The molecule has 170 valence electrons. The number of nitrogens with zero attached hydrogens (tertiary/aromatic N) is 3. The molecule has 34 heavy (non-hydrogen) atoms. The second kappa shape index (κ2) is 9.35. The van der Waals surface area contributed by atoms with Gasteiger partial charge in [0.25, 0.3) is 0 Å². The van der Waals surface area contributed by atoms with Gasteiger partial charge in [-0.1, -0.05) is 85.0 Å². The van der Waals surface area contributed by atoms with Gasteiger partial charge in [0.05, 0.1) is 11.2 Å². The molecule has 1 unspecified atom stereocenters. The summed E-state index contributed by atoms with van der Waals surface area (Å²) in [6.07, 6.45) is 15.8. The number of hydrogen-bond acceptors (Lipinski definition) is 4. The lowest BCUT2D eigenvalue weighted by atomic mass is 9.84. The van der Waals surface area contributed by atoms with Crippen molar-refractivity contribution in [1.29, 1.82) is 0 Å². The maximum atomic E-state index is 4.84. The zero-order valence-corrected chi connectivity index (χ0v) is 20.3. The van der Waals surface area contributed by atoms with Gasteiger partial charge in [0.2, 0.25) is 0 Å². The molecule has 1 N–H and O–H groups in total. The standard InChI is InChI=1S/C29H28N4S/c1-3-4-16-29(2,26-15-9-10-17-30-26)19-27(34)33-20-25(31-32-33)28-23-13-7-5-11-21(23)18-22-12-6-8-14-24(22)28/h4-16,18-20,30,34H,3,17H2,1-2H3/b16-4?,27-19-. The fourth-order valence-corrected chi connectivity index (χ4v) is 4.89. The fraction of sp³-hybridized carbons (Fsp3) is 0.172. The van der Waals surface area contributed by atoms with Crippen molar-refractivity contribution in [2.24, 2.45) is 5.41 Å². The lowest BCUT2D eigenvalue weighted by Gasteiger charge is -2.28. The highest BCUT2D eigenvalue weighted by atomic mass is 32.1. The highest BCUT2D eigenvalue weighted by molar-refractivity contribution is 7.90. The van der Waals surface area contributed by atoms with Crippen molar-refractivity contribution in [3.05, 3.63) is 103 Å². The molecule has 0 amide bonds. The van der Waals surface area contributed by atoms with E-state index in [1.54, 1.807) is 4.68 Å². The minimum Gasteiger partial charge on any atom is -0.384 e. The zero-order chi connectivity index (χ0) is 23.5. The third-order valence-electron chi connectivity index (χ3n) is 6.27. The van der Waals surface area contributed by atoms with E-state index in [4.69, 9.17) is 12.6 Å². The van der Waals surface area contributed by atoms with Crippen LogP contribution in [0.1, 0.15) is 20.3 Å². The van der Waals surface area contributed by atoms with Gasteiger partial charge in [-0.15, -0.1) is 17.7 Å². The molecular weight excluding hydrogens is 436 g/mol. The predicted molar refractivity (Wildman–Crippen MR) is 146 cm³/mol. The van der Waals surface area contributed by atoms with Gasteiger partial charge in [0.15, 0.2) is 0 Å². The first-order valence-electron chi connectivity index (χ1n) is 11.6. The summed E-state index contributed by atoms with van der Waals surface area (Å²) in [6, 6.07) is 19.1. The Balaban J connectivity index is 1.61. The minimum absolute atomic E-state index is 0.337. The van der Waals surface area contributed by atoms with Crippen LogP contribution < -0.4 is 5.32 Å². The normalized spacial score (nSPS) is 16.1. The molecule has 5 heteroatoms. The number of rotatable bonds is 6. The van der Waals surface area contributed by atoms with E-state index in [1.165, 1.54) is 10.8 Å². The first kappa shape index (κ1) is 22.2. The molecule has 0 spiro atoms. The van der Waals surface area contributed by atoms with Crippen LogP contribution in [0.5, 0.6) is 0 Å². The van der Waals surface area contributed by atoms with Gasteiger partial charge >= 0.3 is 0 Å². The van der Waals surface area contributed by atoms with Crippen LogP contribution >= 0.6 is 12.6 Å². The number of fused-ring (bicyclic) bond motifs is 2. The number of hydrogen-bond donors (Lipinski definition) is 2. The highest BCUT2D eigenvalue weighted by Gasteiger charge is 2.25. The average Bonchev–Trinajstić information content (AvgIpc) is 3.36. The van der Waals surface area contributed by atoms with Crippen molar-refractivity contribution in [1.82, 2.24) is 20.3 Å². The molecule has 4 nitrogen and oxygen atoms in total. The summed E-state index contributed by atoms with van der Waals surface area (Å²) < 4.78 is 1.76. The number of benzene rings is 3. The van der Waals surface area contributed by atoms with Crippen LogP contribution in [0.3, 0.4) is 0 Å². The molecule has 5 rings (SSSR count). The first-order chi connectivity index (χ1) is 16.6. The van der Waals surface area contributed by atoms with Crippen molar-refractivity contribution in [2.75, 3.05) is 6.54 Å². The van der Waals surface area contributed by atoms with Crippen LogP contribution in [0.15, 0.2) is 103 Å². The molecule has 1 aliphatic heterocycles. The molecular formula is C29H28N4S. The average molecular weight is 465 g/mol. The van der Waals surface area contributed by atoms with E-state index in [2.05, 4.69) is 121 Å². The summed E-state index contributed by atoms with van der Waals surface area (Å²) in [6.45, 7) is 5.14. The SMILES string of the molecule is CCC=CC(C)(/C=C(\S)n1cc(-c2c3ccccc3cc3ccccc23)nn1)C1=CC=CCN1. The second-order valence-corrected chi connectivity index (χ2v) is 9.19. The Kier molecular flexibility index (Phi) is 6.12. The lowest BCUT2D eigenvalue weighted by molar-refractivity contribution is 0.592. The minimum atomic E-state index is -0.337. The molecule has 4 aromatic rings. The third kappa shape index (κ3) is 4.19. The van der Waals surface area contributed by atoms with Gasteiger partial charge in [-0.25, -0.2) is 4.68 Å². The molecule has 0 saturated carbocycles. The first-order valence-corrected chi connectivity index (χ1v) is 12.1. The molecule has 1 aliphatic rings. The molecule has 0 saturated heterocycles. The van der Waals surface area contributed by atoms with Crippen molar-refractivity contribution in [3.63, 3.8) is 0 Å². The van der Waals surface area contributed by atoms with Gasteiger partial charge in [-0.05, 0) is 53.1 Å². The Morgan fingerprint density at radius 1 is 1.12 bits per heavy atom. The van der Waals surface area contributed by atoms with Crippen molar-refractivity contribution in [3.8, 4) is 11.3 Å². The van der Waals surface area contributed by atoms with E-state index in [9.17, 15) is 0 Å². The molecule has 1 atom stereocenters. The van der Waals surface area contributed by atoms with E-state index >= 15 is 0 Å². The van der Waals surface area contributed by atoms with Crippen molar-refractivity contribution < 1.29 is 0 Å². The van der Waals surface area contributed by atoms with E-state index in [0.717, 1.165) is 45.7 Å². The quantitative estimate of drug-likeness (QED) is 0.183. The number of nitrogens with one attached hydrogen (secondary N) is 1. The highest BCUT2D eigenvalue weighted by Crippen LogP contribution is 2.37. The number of allylic oxidation sites excluding steroid dienone is 4. The largest absolute Gasteiger partial charge is 0.384 e. The summed E-state index contributed by atoms with van der Waals surface area (Å²) in [7, 11) is 0.